The van der Waals surface area contributed by atoms with Crippen LogP contribution in [0.15, 0.2) is 16.7 Å². The van der Waals surface area contributed by atoms with Crippen LogP contribution in [0.4, 0.5) is 0 Å². The maximum absolute atomic E-state index is 6.33. The first-order chi connectivity index (χ1) is 10.0. The van der Waals surface area contributed by atoms with E-state index in [-0.39, 0.29) is 0 Å². The fourth-order valence-electron chi connectivity index (χ4n) is 2.63. The minimum absolute atomic E-state index is 0.331. The van der Waals surface area contributed by atoms with Crippen molar-refractivity contribution in [2.24, 2.45) is 5.73 Å². The fraction of sp³-hybridized carbons (Fsp3) is 0.429. The van der Waals surface area contributed by atoms with E-state index in [1.54, 1.807) is 19.2 Å². The first-order valence-corrected chi connectivity index (χ1v) is 7.45. The molecule has 1 aromatic carbocycles. The van der Waals surface area contributed by atoms with E-state index in [1.807, 2.05) is 0 Å². The van der Waals surface area contributed by atoms with Crippen LogP contribution >= 0.6 is 23.2 Å². The molecule has 1 aliphatic carbocycles. The summed E-state index contributed by atoms with van der Waals surface area (Å²) < 4.78 is 10.6. The first kappa shape index (κ1) is 14.6. The van der Waals surface area contributed by atoms with Gasteiger partial charge in [0.15, 0.2) is 5.82 Å². The molecule has 5 nitrogen and oxygen atoms in total. The molecule has 0 aliphatic heterocycles. The summed E-state index contributed by atoms with van der Waals surface area (Å²) in [6, 6.07) is 3.27. The second kappa shape index (κ2) is 5.48. The van der Waals surface area contributed by atoms with Crippen molar-refractivity contribution in [3.63, 3.8) is 0 Å². The molecule has 1 aliphatic rings. The third-order valence-corrected chi connectivity index (χ3v) is 4.56. The van der Waals surface area contributed by atoms with E-state index in [0.29, 0.717) is 33.1 Å². The molecule has 21 heavy (non-hydrogen) atoms. The standard InChI is InChI=1S/C14H15Cl2N3O2/c1-20-11-7-10(16)9(15)6-8(11)12-18-13(19-21-12)14(17)4-2-3-5-14/h6-7H,2-5,17H2,1H3. The number of hydrogen-bond donors (Lipinski definition) is 1. The molecule has 1 aromatic heterocycles. The van der Waals surface area contributed by atoms with E-state index >= 15 is 0 Å². The van der Waals surface area contributed by atoms with Crippen LogP contribution in [0.25, 0.3) is 11.5 Å². The van der Waals surface area contributed by atoms with Gasteiger partial charge in [-0.15, -0.1) is 0 Å². The maximum Gasteiger partial charge on any atom is 0.261 e. The van der Waals surface area contributed by atoms with Crippen molar-refractivity contribution in [1.82, 2.24) is 10.1 Å². The molecule has 1 saturated carbocycles. The molecule has 0 atom stereocenters. The number of halogens is 2. The SMILES string of the molecule is COc1cc(Cl)c(Cl)cc1-c1nc(C2(N)CCCC2)no1. The Morgan fingerprint density at radius 1 is 1.24 bits per heavy atom. The summed E-state index contributed by atoms with van der Waals surface area (Å²) in [5.74, 6) is 1.39. The lowest BCUT2D eigenvalue weighted by atomic mass is 9.99. The molecule has 2 N–H and O–H groups in total. The molecular weight excluding hydrogens is 313 g/mol. The zero-order chi connectivity index (χ0) is 15.0. The Hall–Kier alpha value is -1.30. The second-order valence-electron chi connectivity index (χ2n) is 5.25. The normalized spacial score (nSPS) is 17.1. The molecule has 1 fully saturated rings. The van der Waals surface area contributed by atoms with Crippen LogP contribution in [-0.4, -0.2) is 17.3 Å². The van der Waals surface area contributed by atoms with Gasteiger partial charge in [0, 0.05) is 6.07 Å². The maximum atomic E-state index is 6.33. The Kier molecular flexibility index (Phi) is 3.82. The van der Waals surface area contributed by atoms with Crippen LogP contribution in [0.5, 0.6) is 5.75 Å². The van der Waals surface area contributed by atoms with Crippen LogP contribution in [0.1, 0.15) is 31.5 Å². The van der Waals surface area contributed by atoms with Gasteiger partial charge in [-0.1, -0.05) is 41.2 Å². The highest BCUT2D eigenvalue weighted by molar-refractivity contribution is 6.42. The summed E-state index contributed by atoms with van der Waals surface area (Å²) in [6.45, 7) is 0. The van der Waals surface area contributed by atoms with Crippen LogP contribution in [-0.2, 0) is 5.54 Å². The summed E-state index contributed by atoms with van der Waals surface area (Å²) in [7, 11) is 1.54. The third kappa shape index (κ3) is 2.61. The highest BCUT2D eigenvalue weighted by Crippen LogP contribution is 2.39. The predicted molar refractivity (Wildman–Crippen MR) is 80.6 cm³/mol. The number of methoxy groups -OCH3 is 1. The smallest absolute Gasteiger partial charge is 0.261 e. The zero-order valence-electron chi connectivity index (χ0n) is 11.5. The molecule has 0 amide bonds. The Bertz CT molecular complexity index is 666. The topological polar surface area (TPSA) is 74.2 Å². The number of aromatic nitrogens is 2. The van der Waals surface area contributed by atoms with Crippen LogP contribution < -0.4 is 10.5 Å². The van der Waals surface area contributed by atoms with Gasteiger partial charge in [-0.2, -0.15) is 4.98 Å². The van der Waals surface area contributed by atoms with Gasteiger partial charge in [0.05, 0.1) is 28.3 Å². The van der Waals surface area contributed by atoms with Crippen molar-refractivity contribution < 1.29 is 9.26 Å². The van der Waals surface area contributed by atoms with Crippen LogP contribution in [0, 0.1) is 0 Å². The van der Waals surface area contributed by atoms with Gasteiger partial charge in [-0.3, -0.25) is 0 Å². The highest BCUT2D eigenvalue weighted by atomic mass is 35.5. The van der Waals surface area contributed by atoms with E-state index in [0.717, 1.165) is 25.7 Å². The number of hydrogen-bond acceptors (Lipinski definition) is 5. The van der Waals surface area contributed by atoms with E-state index in [1.165, 1.54) is 0 Å². The van der Waals surface area contributed by atoms with E-state index in [9.17, 15) is 0 Å². The Labute approximate surface area is 132 Å². The first-order valence-electron chi connectivity index (χ1n) is 6.70. The van der Waals surface area contributed by atoms with Gasteiger partial charge in [-0.25, -0.2) is 0 Å². The number of rotatable bonds is 3. The number of benzene rings is 1. The average Bonchev–Trinajstić information content (AvgIpc) is 3.11. The number of nitrogens with zero attached hydrogens (tertiary/aromatic N) is 2. The molecule has 0 unspecified atom stereocenters. The minimum atomic E-state index is -0.495. The van der Waals surface area contributed by atoms with Crippen molar-refractivity contribution in [2.45, 2.75) is 31.2 Å². The molecule has 112 valence electrons. The van der Waals surface area contributed by atoms with Crippen molar-refractivity contribution >= 4 is 23.2 Å². The molecule has 2 aromatic rings. The number of nitrogens with two attached hydrogens (primary N) is 1. The van der Waals surface area contributed by atoms with Crippen molar-refractivity contribution in [3.05, 3.63) is 28.0 Å². The van der Waals surface area contributed by atoms with E-state index in [2.05, 4.69) is 10.1 Å². The minimum Gasteiger partial charge on any atom is -0.496 e. The summed E-state index contributed by atoms with van der Waals surface area (Å²) in [4.78, 5) is 4.43. The monoisotopic (exact) mass is 327 g/mol. The summed E-state index contributed by atoms with van der Waals surface area (Å²) >= 11 is 12.0. The highest BCUT2D eigenvalue weighted by Gasteiger charge is 2.36. The van der Waals surface area contributed by atoms with Gasteiger partial charge in [0.2, 0.25) is 0 Å². The van der Waals surface area contributed by atoms with Gasteiger partial charge in [0.1, 0.15) is 5.75 Å². The second-order valence-corrected chi connectivity index (χ2v) is 6.07. The lowest BCUT2D eigenvalue weighted by molar-refractivity contribution is 0.370. The van der Waals surface area contributed by atoms with E-state index in [4.69, 9.17) is 38.2 Å². The predicted octanol–water partition coefficient (Wildman–Crippen LogP) is 3.78. The molecule has 0 spiro atoms. The van der Waals surface area contributed by atoms with Crippen molar-refractivity contribution in [2.75, 3.05) is 7.11 Å². The lowest BCUT2D eigenvalue weighted by Crippen LogP contribution is -2.34. The molecule has 7 heteroatoms. The van der Waals surface area contributed by atoms with E-state index < -0.39 is 5.54 Å². The Balaban J connectivity index is 2.02. The molecule has 1 heterocycles. The van der Waals surface area contributed by atoms with Crippen LogP contribution in [0.2, 0.25) is 10.0 Å². The van der Waals surface area contributed by atoms with Gasteiger partial charge >= 0.3 is 0 Å². The summed E-state index contributed by atoms with van der Waals surface area (Å²) in [5.41, 5.74) is 6.44. The number of ether oxygens (including phenoxy) is 1. The Morgan fingerprint density at radius 2 is 1.90 bits per heavy atom. The summed E-state index contributed by atoms with van der Waals surface area (Å²) in [5, 5.41) is 4.84. The lowest BCUT2D eigenvalue weighted by Gasteiger charge is -2.17. The van der Waals surface area contributed by atoms with Crippen molar-refractivity contribution in [3.8, 4) is 17.2 Å². The molecule has 3 rings (SSSR count). The van der Waals surface area contributed by atoms with Gasteiger partial charge in [-0.05, 0) is 18.9 Å². The largest absolute Gasteiger partial charge is 0.496 e. The molecular formula is C14H15Cl2N3O2. The average molecular weight is 328 g/mol. The van der Waals surface area contributed by atoms with Gasteiger partial charge in [0.25, 0.3) is 5.89 Å². The fourth-order valence-corrected chi connectivity index (χ4v) is 2.95. The van der Waals surface area contributed by atoms with Crippen LogP contribution in [0.3, 0.4) is 0 Å². The molecule has 0 bridgehead atoms. The molecule has 0 radical (unpaired) electrons. The Morgan fingerprint density at radius 3 is 2.57 bits per heavy atom. The quantitative estimate of drug-likeness (QED) is 0.928. The van der Waals surface area contributed by atoms with Crippen molar-refractivity contribution in [1.29, 1.82) is 0 Å². The molecule has 0 saturated heterocycles. The zero-order valence-corrected chi connectivity index (χ0v) is 13.0. The third-order valence-electron chi connectivity index (χ3n) is 3.84. The van der Waals surface area contributed by atoms with Gasteiger partial charge < -0.3 is 15.0 Å². The summed E-state index contributed by atoms with van der Waals surface area (Å²) in [6.07, 6.45) is 3.89.